The summed E-state index contributed by atoms with van der Waals surface area (Å²) in [5.41, 5.74) is 9.60. The Labute approximate surface area is 244 Å². The van der Waals surface area contributed by atoms with Crippen LogP contribution in [0, 0.1) is 5.92 Å². The van der Waals surface area contributed by atoms with Crippen molar-refractivity contribution < 1.29 is 47.7 Å². The van der Waals surface area contributed by atoms with Gasteiger partial charge in [0.25, 0.3) is 0 Å². The van der Waals surface area contributed by atoms with Crippen LogP contribution in [-0.4, -0.2) is 67.9 Å². The van der Waals surface area contributed by atoms with E-state index >= 15 is 0 Å². The van der Waals surface area contributed by atoms with Gasteiger partial charge in [0.1, 0.15) is 6.61 Å². The summed E-state index contributed by atoms with van der Waals surface area (Å²) in [6.45, 7) is 6.36. The van der Waals surface area contributed by atoms with Crippen LogP contribution < -0.4 is 22.3 Å². The van der Waals surface area contributed by atoms with E-state index in [0.717, 1.165) is 26.3 Å². The van der Waals surface area contributed by atoms with E-state index in [2.05, 4.69) is 15.5 Å². The SMILES string of the molecule is COC(=O)C1=CC[C@@H](NC(=O)C(C)C)C(C(OC(C)=O)C(COC(C)=O)OC(C)=O)O1.NN/C=C(\N)c1ccccc1. The normalized spacial score (nSPS) is 17.5. The van der Waals surface area contributed by atoms with Gasteiger partial charge in [-0.1, -0.05) is 44.2 Å². The number of hydrogen-bond acceptors (Lipinski definition) is 13. The number of methoxy groups -OCH3 is 1. The molecule has 0 saturated heterocycles. The molecule has 3 unspecified atom stereocenters. The van der Waals surface area contributed by atoms with Crippen LogP contribution in [0.2, 0.25) is 0 Å². The molecule has 42 heavy (non-hydrogen) atoms. The van der Waals surface area contributed by atoms with Crippen LogP contribution in [0.1, 0.15) is 46.6 Å². The number of hydrogen-bond donors (Lipinski definition) is 4. The summed E-state index contributed by atoms with van der Waals surface area (Å²) in [5, 5.41) is 2.77. The van der Waals surface area contributed by atoms with E-state index in [1.54, 1.807) is 20.0 Å². The van der Waals surface area contributed by atoms with E-state index in [-0.39, 0.29) is 24.0 Å². The van der Waals surface area contributed by atoms with Crippen molar-refractivity contribution in [1.29, 1.82) is 0 Å². The molecule has 1 amide bonds. The molecule has 1 aromatic carbocycles. The summed E-state index contributed by atoms with van der Waals surface area (Å²) in [6, 6.07) is 8.88. The Morgan fingerprint density at radius 3 is 2.14 bits per heavy atom. The first-order valence-electron chi connectivity index (χ1n) is 13.0. The summed E-state index contributed by atoms with van der Waals surface area (Å²) in [5.74, 6) is 1.35. The van der Waals surface area contributed by atoms with Gasteiger partial charge < -0.3 is 40.2 Å². The van der Waals surface area contributed by atoms with Gasteiger partial charge in [0.15, 0.2) is 18.3 Å². The molecule has 0 aliphatic carbocycles. The van der Waals surface area contributed by atoms with Gasteiger partial charge in [-0.05, 0) is 18.1 Å². The molecule has 0 spiro atoms. The summed E-state index contributed by atoms with van der Waals surface area (Å²) < 4.78 is 25.9. The molecule has 14 heteroatoms. The molecule has 0 aromatic heterocycles. The van der Waals surface area contributed by atoms with Crippen LogP contribution in [0.5, 0.6) is 0 Å². The second-order valence-electron chi connectivity index (χ2n) is 9.30. The Morgan fingerprint density at radius 1 is 1.02 bits per heavy atom. The highest BCUT2D eigenvalue weighted by molar-refractivity contribution is 5.86. The van der Waals surface area contributed by atoms with Crippen molar-refractivity contribution in [2.45, 2.75) is 65.4 Å². The van der Waals surface area contributed by atoms with E-state index in [0.29, 0.717) is 5.70 Å². The third-order valence-electron chi connectivity index (χ3n) is 5.56. The summed E-state index contributed by atoms with van der Waals surface area (Å²) in [7, 11) is 1.17. The molecule has 0 radical (unpaired) electrons. The van der Waals surface area contributed by atoms with Crippen molar-refractivity contribution in [2.24, 2.45) is 17.5 Å². The topological polar surface area (TPSA) is 208 Å². The van der Waals surface area contributed by atoms with Gasteiger partial charge >= 0.3 is 23.9 Å². The average Bonchev–Trinajstić information content (AvgIpc) is 2.94. The third kappa shape index (κ3) is 12.3. The van der Waals surface area contributed by atoms with E-state index in [1.165, 1.54) is 13.2 Å². The van der Waals surface area contributed by atoms with Crippen molar-refractivity contribution in [3.63, 3.8) is 0 Å². The number of rotatable bonds is 11. The minimum absolute atomic E-state index is 0.145. The standard InChI is InChI=1S/C20H29NO10.C8H11N3/c1-10(2)19(25)21-14-7-8-15(20(26)27-6)31-17(14)18(30-13(5)24)16(29-12(4)23)9-28-11(3)22;9-8(6-11-10)7-4-2-1-3-5-7/h8,10,14,16-18H,7,9H2,1-6H3,(H,21,25);1-6,11H,9-10H2/b;8-6-/t14-,16?,17?,18?;/m1./s1. The predicted octanol–water partition coefficient (Wildman–Crippen LogP) is 0.807. The molecule has 1 aliphatic rings. The van der Waals surface area contributed by atoms with Gasteiger partial charge in [0.2, 0.25) is 11.7 Å². The van der Waals surface area contributed by atoms with Crippen LogP contribution in [0.3, 0.4) is 0 Å². The largest absolute Gasteiger partial charge is 0.477 e. The second kappa shape index (κ2) is 18.0. The fourth-order valence-electron chi connectivity index (χ4n) is 3.62. The zero-order valence-electron chi connectivity index (χ0n) is 24.6. The van der Waals surface area contributed by atoms with Crippen LogP contribution in [-0.2, 0) is 47.7 Å². The Morgan fingerprint density at radius 2 is 1.64 bits per heavy atom. The molecule has 14 nitrogen and oxygen atoms in total. The number of carbonyl (C=O) groups is 5. The number of hydrazine groups is 1. The molecule has 1 aromatic rings. The minimum Gasteiger partial charge on any atom is -0.477 e. The molecule has 4 atom stereocenters. The lowest BCUT2D eigenvalue weighted by atomic mass is 9.95. The molecule has 2 rings (SSSR count). The van der Waals surface area contributed by atoms with Gasteiger partial charge in [-0.3, -0.25) is 25.0 Å². The van der Waals surface area contributed by atoms with E-state index < -0.39 is 54.8 Å². The molecule has 0 fully saturated rings. The molecule has 6 N–H and O–H groups in total. The number of benzene rings is 1. The molecule has 232 valence electrons. The van der Waals surface area contributed by atoms with E-state index in [1.807, 2.05) is 30.3 Å². The maximum Gasteiger partial charge on any atom is 0.372 e. The van der Waals surface area contributed by atoms with Crippen LogP contribution in [0.15, 0.2) is 48.4 Å². The summed E-state index contributed by atoms with van der Waals surface area (Å²) >= 11 is 0. The van der Waals surface area contributed by atoms with E-state index in [4.69, 9.17) is 30.5 Å². The fraction of sp³-hybridized carbons (Fsp3) is 0.464. The van der Waals surface area contributed by atoms with Gasteiger partial charge in [-0.25, -0.2) is 4.79 Å². The first-order chi connectivity index (χ1) is 19.8. The number of ether oxygens (including phenoxy) is 5. The number of esters is 4. The van der Waals surface area contributed by atoms with Crippen molar-refractivity contribution in [3.05, 3.63) is 53.9 Å². The van der Waals surface area contributed by atoms with Gasteiger partial charge in [0.05, 0.1) is 18.8 Å². The van der Waals surface area contributed by atoms with E-state index in [9.17, 15) is 24.0 Å². The molecular weight excluding hydrogens is 552 g/mol. The van der Waals surface area contributed by atoms with Gasteiger partial charge in [-0.2, -0.15) is 0 Å². The zero-order chi connectivity index (χ0) is 31.8. The van der Waals surface area contributed by atoms with Crippen molar-refractivity contribution in [2.75, 3.05) is 13.7 Å². The Balaban J connectivity index is 0.000000666. The fourth-order valence-corrected chi connectivity index (χ4v) is 3.62. The lowest BCUT2D eigenvalue weighted by Crippen LogP contribution is -2.57. The highest BCUT2D eigenvalue weighted by Gasteiger charge is 2.44. The molecule has 1 heterocycles. The Bertz CT molecular complexity index is 1140. The smallest absolute Gasteiger partial charge is 0.372 e. The van der Waals surface area contributed by atoms with Crippen LogP contribution in [0.25, 0.3) is 5.70 Å². The lowest BCUT2D eigenvalue weighted by molar-refractivity contribution is -0.187. The Kier molecular flexibility index (Phi) is 15.2. The predicted molar refractivity (Wildman–Crippen MR) is 150 cm³/mol. The van der Waals surface area contributed by atoms with Crippen molar-refractivity contribution in [1.82, 2.24) is 10.7 Å². The minimum atomic E-state index is -1.31. The monoisotopic (exact) mass is 592 g/mol. The van der Waals surface area contributed by atoms with Crippen molar-refractivity contribution >= 4 is 35.5 Å². The molecular formula is C28H40N4O10. The Hall–Kier alpha value is -4.59. The molecule has 0 bridgehead atoms. The van der Waals surface area contributed by atoms with Crippen molar-refractivity contribution in [3.8, 4) is 0 Å². The molecule has 0 saturated carbocycles. The van der Waals surface area contributed by atoms with Gasteiger partial charge in [-0.15, -0.1) is 0 Å². The summed E-state index contributed by atoms with van der Waals surface area (Å²) in [4.78, 5) is 59.0. The first-order valence-corrected chi connectivity index (χ1v) is 13.0. The number of amides is 1. The zero-order valence-corrected chi connectivity index (χ0v) is 24.6. The maximum absolute atomic E-state index is 12.3. The van der Waals surface area contributed by atoms with Gasteiger partial charge in [0, 0.05) is 32.9 Å². The first kappa shape index (κ1) is 35.4. The average molecular weight is 593 g/mol. The van der Waals surface area contributed by atoms with Crippen LogP contribution >= 0.6 is 0 Å². The summed E-state index contributed by atoms with van der Waals surface area (Å²) in [6.07, 6.45) is -0.588. The second-order valence-corrected chi connectivity index (χ2v) is 9.30. The lowest BCUT2D eigenvalue weighted by Gasteiger charge is -2.38. The number of carbonyl (C=O) groups excluding carboxylic acids is 5. The molecule has 1 aliphatic heterocycles. The third-order valence-corrected chi connectivity index (χ3v) is 5.56. The maximum atomic E-state index is 12.3. The van der Waals surface area contributed by atoms with Crippen LogP contribution in [0.4, 0.5) is 0 Å². The quantitative estimate of drug-likeness (QED) is 0.122. The highest BCUT2D eigenvalue weighted by Crippen LogP contribution is 2.26. The highest BCUT2D eigenvalue weighted by atomic mass is 16.6. The number of nitrogens with one attached hydrogen (secondary N) is 2. The number of nitrogens with two attached hydrogens (primary N) is 2.